The molecule has 4 nitrogen and oxygen atoms in total. The van der Waals surface area contributed by atoms with E-state index in [-0.39, 0.29) is 11.7 Å². The van der Waals surface area contributed by atoms with E-state index < -0.39 is 0 Å². The molecule has 116 valence electrons. The number of hydrogen-bond acceptors (Lipinski definition) is 4. The molecule has 0 aliphatic carbocycles. The van der Waals surface area contributed by atoms with Crippen molar-refractivity contribution in [3.05, 3.63) is 76.5 Å². The lowest BCUT2D eigenvalue weighted by Crippen LogP contribution is -2.12. The minimum Gasteiger partial charge on any atom is -0.506 e. The van der Waals surface area contributed by atoms with Gasteiger partial charge in [-0.25, -0.2) is 0 Å². The number of phenolic OH excluding ortho intramolecular Hbond substituents is 1. The first-order chi connectivity index (χ1) is 11.2. The van der Waals surface area contributed by atoms with Crippen LogP contribution in [0.5, 0.6) is 11.5 Å². The summed E-state index contributed by atoms with van der Waals surface area (Å²) in [5.74, 6) is 0.363. The number of amides is 1. The van der Waals surface area contributed by atoms with Crippen LogP contribution in [0.15, 0.2) is 66.0 Å². The highest BCUT2D eigenvalue weighted by Gasteiger charge is 2.09. The van der Waals surface area contributed by atoms with E-state index in [1.54, 1.807) is 47.7 Å². The van der Waals surface area contributed by atoms with Crippen molar-refractivity contribution in [2.75, 3.05) is 5.32 Å². The number of hydrogen-bond donors (Lipinski definition) is 2. The van der Waals surface area contributed by atoms with E-state index in [0.717, 1.165) is 4.88 Å². The fourth-order valence-electron chi connectivity index (χ4n) is 2.05. The van der Waals surface area contributed by atoms with Gasteiger partial charge in [-0.2, -0.15) is 0 Å². The van der Waals surface area contributed by atoms with Crippen molar-refractivity contribution in [1.29, 1.82) is 0 Å². The Labute approximate surface area is 138 Å². The number of aromatic hydroxyl groups is 1. The van der Waals surface area contributed by atoms with Crippen molar-refractivity contribution in [2.45, 2.75) is 6.61 Å². The van der Waals surface area contributed by atoms with Gasteiger partial charge in [-0.15, -0.1) is 11.3 Å². The first kappa shape index (κ1) is 15.1. The molecule has 0 radical (unpaired) electrons. The van der Waals surface area contributed by atoms with Crippen LogP contribution in [0.3, 0.4) is 0 Å². The van der Waals surface area contributed by atoms with Crippen LogP contribution in [0.1, 0.15) is 15.2 Å². The summed E-state index contributed by atoms with van der Waals surface area (Å²) in [7, 11) is 0. The third-order valence-electron chi connectivity index (χ3n) is 3.21. The lowest BCUT2D eigenvalue weighted by Gasteiger charge is -2.09. The van der Waals surface area contributed by atoms with Gasteiger partial charge in [-0.3, -0.25) is 4.79 Å². The van der Waals surface area contributed by atoms with Gasteiger partial charge in [0.15, 0.2) is 0 Å². The monoisotopic (exact) mass is 325 g/mol. The molecule has 0 saturated carbocycles. The molecule has 2 N–H and O–H groups in total. The van der Waals surface area contributed by atoms with Gasteiger partial charge in [0.1, 0.15) is 18.1 Å². The number of thiophene rings is 1. The normalized spacial score (nSPS) is 10.3. The zero-order valence-corrected chi connectivity index (χ0v) is 13.0. The highest BCUT2D eigenvalue weighted by molar-refractivity contribution is 7.09. The maximum Gasteiger partial charge on any atom is 0.255 e. The molecule has 0 atom stereocenters. The molecular weight excluding hydrogens is 310 g/mol. The Balaban J connectivity index is 1.69. The van der Waals surface area contributed by atoms with Crippen molar-refractivity contribution >= 4 is 22.9 Å². The molecule has 3 aromatic rings. The smallest absolute Gasteiger partial charge is 0.255 e. The minimum atomic E-state index is -0.298. The van der Waals surface area contributed by atoms with Crippen LogP contribution in [-0.2, 0) is 6.61 Å². The summed E-state index contributed by atoms with van der Waals surface area (Å²) >= 11 is 1.62. The third kappa shape index (κ3) is 3.90. The van der Waals surface area contributed by atoms with E-state index in [4.69, 9.17) is 4.74 Å². The standard InChI is InChI=1S/C18H15NO3S/c20-17-9-2-1-8-16(17)19-18(21)13-5-3-6-14(11-13)22-12-15-7-4-10-23-15/h1-11,20H,12H2,(H,19,21). The number of carbonyl (C=O) groups is 1. The van der Waals surface area contributed by atoms with Gasteiger partial charge in [0.2, 0.25) is 0 Å². The van der Waals surface area contributed by atoms with Crippen molar-refractivity contribution in [3.63, 3.8) is 0 Å². The van der Waals surface area contributed by atoms with Crippen molar-refractivity contribution in [3.8, 4) is 11.5 Å². The number of nitrogens with one attached hydrogen (secondary N) is 1. The van der Waals surface area contributed by atoms with E-state index in [0.29, 0.717) is 23.6 Å². The fourth-order valence-corrected chi connectivity index (χ4v) is 2.67. The van der Waals surface area contributed by atoms with E-state index >= 15 is 0 Å². The first-order valence-electron chi connectivity index (χ1n) is 7.07. The largest absolute Gasteiger partial charge is 0.506 e. The SMILES string of the molecule is O=C(Nc1ccccc1O)c1cccc(OCc2cccs2)c1. The average molecular weight is 325 g/mol. The Morgan fingerprint density at radius 2 is 1.96 bits per heavy atom. The summed E-state index contributed by atoms with van der Waals surface area (Å²) in [4.78, 5) is 13.4. The highest BCUT2D eigenvalue weighted by Crippen LogP contribution is 2.23. The second kappa shape index (κ2) is 6.98. The van der Waals surface area contributed by atoms with Crippen LogP contribution in [-0.4, -0.2) is 11.0 Å². The number of rotatable bonds is 5. The van der Waals surface area contributed by atoms with Crippen molar-refractivity contribution < 1.29 is 14.6 Å². The van der Waals surface area contributed by atoms with E-state index in [1.165, 1.54) is 6.07 Å². The molecule has 3 rings (SSSR count). The zero-order chi connectivity index (χ0) is 16.1. The molecule has 0 fully saturated rings. The van der Waals surface area contributed by atoms with Crippen LogP contribution in [0.2, 0.25) is 0 Å². The summed E-state index contributed by atoms with van der Waals surface area (Å²) in [6.45, 7) is 0.474. The number of para-hydroxylation sites is 2. The molecule has 2 aromatic carbocycles. The van der Waals surface area contributed by atoms with Crippen LogP contribution < -0.4 is 10.1 Å². The lowest BCUT2D eigenvalue weighted by atomic mass is 10.2. The summed E-state index contributed by atoms with van der Waals surface area (Å²) in [5, 5.41) is 14.4. The van der Waals surface area contributed by atoms with E-state index in [2.05, 4.69) is 5.32 Å². The van der Waals surface area contributed by atoms with Crippen LogP contribution in [0, 0.1) is 0 Å². The third-order valence-corrected chi connectivity index (χ3v) is 4.06. The molecule has 1 heterocycles. The Bertz CT molecular complexity index is 800. The molecule has 0 saturated heterocycles. The molecule has 1 aromatic heterocycles. The Morgan fingerprint density at radius 1 is 1.09 bits per heavy atom. The van der Waals surface area contributed by atoms with Crippen LogP contribution >= 0.6 is 11.3 Å². The maximum absolute atomic E-state index is 12.3. The first-order valence-corrected chi connectivity index (χ1v) is 7.95. The second-order valence-electron chi connectivity index (χ2n) is 4.87. The number of anilines is 1. The second-order valence-corrected chi connectivity index (χ2v) is 5.90. The summed E-state index contributed by atoms with van der Waals surface area (Å²) < 4.78 is 5.70. The van der Waals surface area contributed by atoms with Gasteiger partial charge >= 0.3 is 0 Å². The molecule has 0 bridgehead atoms. The van der Waals surface area contributed by atoms with E-state index in [1.807, 2.05) is 23.6 Å². The zero-order valence-electron chi connectivity index (χ0n) is 12.2. The summed E-state index contributed by atoms with van der Waals surface area (Å²) in [5.41, 5.74) is 0.847. The van der Waals surface area contributed by atoms with Crippen molar-refractivity contribution in [2.24, 2.45) is 0 Å². The van der Waals surface area contributed by atoms with Crippen molar-refractivity contribution in [1.82, 2.24) is 0 Å². The maximum atomic E-state index is 12.3. The molecule has 0 unspecified atom stereocenters. The molecule has 5 heteroatoms. The summed E-state index contributed by atoms with van der Waals surface area (Å²) in [6, 6.07) is 17.5. The number of ether oxygens (including phenoxy) is 1. The molecule has 0 spiro atoms. The molecule has 0 aliphatic rings. The van der Waals surface area contributed by atoms with Gasteiger partial charge in [-0.1, -0.05) is 24.3 Å². The minimum absolute atomic E-state index is 0.0333. The Hall–Kier alpha value is -2.79. The highest BCUT2D eigenvalue weighted by atomic mass is 32.1. The lowest BCUT2D eigenvalue weighted by molar-refractivity contribution is 0.102. The number of carbonyl (C=O) groups excluding carboxylic acids is 1. The number of phenols is 1. The van der Waals surface area contributed by atoms with Gasteiger partial charge in [0.05, 0.1) is 5.69 Å². The quantitative estimate of drug-likeness (QED) is 0.688. The molecule has 0 aliphatic heterocycles. The van der Waals surface area contributed by atoms with Gasteiger partial charge in [-0.05, 0) is 41.8 Å². The van der Waals surface area contributed by atoms with Gasteiger partial charge in [0.25, 0.3) is 5.91 Å². The molecular formula is C18H15NO3S. The van der Waals surface area contributed by atoms with Gasteiger partial charge < -0.3 is 15.2 Å². The number of benzene rings is 2. The fraction of sp³-hybridized carbons (Fsp3) is 0.0556. The average Bonchev–Trinajstić information content (AvgIpc) is 3.09. The summed E-state index contributed by atoms with van der Waals surface area (Å²) in [6.07, 6.45) is 0. The predicted molar refractivity (Wildman–Crippen MR) is 91.2 cm³/mol. The van der Waals surface area contributed by atoms with Crippen LogP contribution in [0.4, 0.5) is 5.69 Å². The van der Waals surface area contributed by atoms with Gasteiger partial charge in [0, 0.05) is 10.4 Å². The molecule has 1 amide bonds. The van der Waals surface area contributed by atoms with E-state index in [9.17, 15) is 9.90 Å². The van der Waals surface area contributed by atoms with Crippen LogP contribution in [0.25, 0.3) is 0 Å². The topological polar surface area (TPSA) is 58.6 Å². The Kier molecular flexibility index (Phi) is 4.59. The molecule has 23 heavy (non-hydrogen) atoms. The Morgan fingerprint density at radius 3 is 2.74 bits per heavy atom. The predicted octanol–water partition coefficient (Wildman–Crippen LogP) is 4.29.